The summed E-state index contributed by atoms with van der Waals surface area (Å²) >= 11 is 1.80. The SMILES string of the molecule is CNCc1coc(CN(C)C(C)c2cccs2)c1. The van der Waals surface area contributed by atoms with Gasteiger partial charge in [0.15, 0.2) is 0 Å². The van der Waals surface area contributed by atoms with Crippen molar-refractivity contribution in [1.29, 1.82) is 0 Å². The molecule has 0 amide bonds. The number of nitrogens with zero attached hydrogens (tertiary/aromatic N) is 1. The van der Waals surface area contributed by atoms with Gasteiger partial charge in [-0.2, -0.15) is 0 Å². The lowest BCUT2D eigenvalue weighted by Crippen LogP contribution is -2.20. The van der Waals surface area contributed by atoms with Gasteiger partial charge in [-0.05, 0) is 38.5 Å². The molecule has 18 heavy (non-hydrogen) atoms. The van der Waals surface area contributed by atoms with Crippen molar-refractivity contribution in [2.75, 3.05) is 14.1 Å². The average molecular weight is 264 g/mol. The lowest BCUT2D eigenvalue weighted by atomic mass is 10.2. The van der Waals surface area contributed by atoms with Crippen molar-refractivity contribution >= 4 is 11.3 Å². The van der Waals surface area contributed by atoms with Gasteiger partial charge >= 0.3 is 0 Å². The van der Waals surface area contributed by atoms with E-state index in [1.165, 1.54) is 10.4 Å². The molecular weight excluding hydrogens is 244 g/mol. The molecule has 0 saturated heterocycles. The number of furan rings is 1. The summed E-state index contributed by atoms with van der Waals surface area (Å²) < 4.78 is 5.58. The molecule has 0 aliphatic rings. The maximum atomic E-state index is 5.58. The van der Waals surface area contributed by atoms with E-state index < -0.39 is 0 Å². The third kappa shape index (κ3) is 3.22. The summed E-state index contributed by atoms with van der Waals surface area (Å²) in [7, 11) is 4.07. The van der Waals surface area contributed by atoms with Crippen LogP contribution < -0.4 is 5.32 Å². The summed E-state index contributed by atoms with van der Waals surface area (Å²) in [5.41, 5.74) is 1.20. The number of hydrogen-bond acceptors (Lipinski definition) is 4. The molecule has 4 heteroatoms. The van der Waals surface area contributed by atoms with Crippen LogP contribution >= 0.6 is 11.3 Å². The molecule has 1 atom stereocenters. The molecule has 0 radical (unpaired) electrons. The van der Waals surface area contributed by atoms with Crippen molar-refractivity contribution in [3.05, 3.63) is 46.0 Å². The fourth-order valence-electron chi connectivity index (χ4n) is 1.93. The molecule has 0 aromatic carbocycles. The van der Waals surface area contributed by atoms with E-state index in [9.17, 15) is 0 Å². The van der Waals surface area contributed by atoms with E-state index >= 15 is 0 Å². The largest absolute Gasteiger partial charge is 0.468 e. The molecular formula is C14H20N2OS. The van der Waals surface area contributed by atoms with Crippen molar-refractivity contribution < 1.29 is 4.42 Å². The molecule has 2 aromatic heterocycles. The maximum absolute atomic E-state index is 5.58. The molecule has 1 N–H and O–H groups in total. The van der Waals surface area contributed by atoms with Gasteiger partial charge in [-0.3, -0.25) is 4.90 Å². The second-order valence-electron chi connectivity index (χ2n) is 4.56. The first-order chi connectivity index (χ1) is 8.70. The smallest absolute Gasteiger partial charge is 0.118 e. The van der Waals surface area contributed by atoms with Gasteiger partial charge in [0.25, 0.3) is 0 Å². The molecule has 3 nitrogen and oxygen atoms in total. The van der Waals surface area contributed by atoms with Crippen molar-refractivity contribution in [3.8, 4) is 0 Å². The summed E-state index contributed by atoms with van der Waals surface area (Å²) in [5, 5.41) is 5.25. The quantitative estimate of drug-likeness (QED) is 0.868. The third-order valence-corrected chi connectivity index (χ3v) is 4.15. The van der Waals surface area contributed by atoms with Crippen LogP contribution in [0.25, 0.3) is 0 Å². The van der Waals surface area contributed by atoms with E-state index in [4.69, 9.17) is 4.42 Å². The Morgan fingerprint density at radius 3 is 3.00 bits per heavy atom. The first-order valence-electron chi connectivity index (χ1n) is 6.15. The van der Waals surface area contributed by atoms with Gasteiger partial charge in [0.05, 0.1) is 12.8 Å². The maximum Gasteiger partial charge on any atom is 0.118 e. The van der Waals surface area contributed by atoms with Crippen LogP contribution in [0.15, 0.2) is 34.3 Å². The zero-order valence-corrected chi connectivity index (χ0v) is 12.0. The molecule has 1 unspecified atom stereocenters. The molecule has 0 aliphatic heterocycles. The van der Waals surface area contributed by atoms with Crippen LogP contribution in [0.5, 0.6) is 0 Å². The Kier molecular flexibility index (Phi) is 4.58. The molecule has 2 aromatic rings. The number of nitrogens with one attached hydrogen (secondary N) is 1. The van der Waals surface area contributed by atoms with Gasteiger partial charge in [0.1, 0.15) is 5.76 Å². The predicted octanol–water partition coefficient (Wildman–Crippen LogP) is 3.25. The second kappa shape index (κ2) is 6.18. The van der Waals surface area contributed by atoms with E-state index in [2.05, 4.69) is 47.8 Å². The van der Waals surface area contributed by atoms with E-state index in [-0.39, 0.29) is 0 Å². The number of rotatable bonds is 6. The van der Waals surface area contributed by atoms with E-state index in [0.29, 0.717) is 6.04 Å². The van der Waals surface area contributed by atoms with Gasteiger partial charge in [0, 0.05) is 23.0 Å². The molecule has 2 heterocycles. The van der Waals surface area contributed by atoms with Gasteiger partial charge < -0.3 is 9.73 Å². The fourth-order valence-corrected chi connectivity index (χ4v) is 2.78. The summed E-state index contributed by atoms with van der Waals surface area (Å²) in [6.07, 6.45) is 1.83. The van der Waals surface area contributed by atoms with E-state index in [1.807, 2.05) is 13.3 Å². The van der Waals surface area contributed by atoms with E-state index in [1.54, 1.807) is 11.3 Å². The minimum atomic E-state index is 0.419. The first kappa shape index (κ1) is 13.3. The second-order valence-corrected chi connectivity index (χ2v) is 5.54. The standard InChI is InChI=1S/C14H20N2OS/c1-11(14-5-4-6-18-14)16(3)9-13-7-12(8-15-2)10-17-13/h4-7,10-11,15H,8-9H2,1-3H3. The van der Waals surface area contributed by atoms with Gasteiger partial charge in [-0.25, -0.2) is 0 Å². The summed E-state index contributed by atoms with van der Waals surface area (Å²) in [5.74, 6) is 1.02. The highest BCUT2D eigenvalue weighted by Gasteiger charge is 2.14. The Morgan fingerprint density at radius 1 is 1.50 bits per heavy atom. The highest BCUT2D eigenvalue weighted by molar-refractivity contribution is 7.10. The lowest BCUT2D eigenvalue weighted by molar-refractivity contribution is 0.235. The Balaban J connectivity index is 1.95. The number of hydrogen-bond donors (Lipinski definition) is 1. The molecule has 0 fully saturated rings. The third-order valence-electron chi connectivity index (χ3n) is 3.11. The highest BCUT2D eigenvalue weighted by Crippen LogP contribution is 2.25. The monoisotopic (exact) mass is 264 g/mol. The van der Waals surface area contributed by atoms with E-state index in [0.717, 1.165) is 18.8 Å². The van der Waals surface area contributed by atoms with Gasteiger partial charge in [-0.1, -0.05) is 6.07 Å². The molecule has 0 saturated carbocycles. The minimum absolute atomic E-state index is 0.419. The Morgan fingerprint density at radius 2 is 2.33 bits per heavy atom. The summed E-state index contributed by atoms with van der Waals surface area (Å²) in [6.45, 7) is 3.92. The molecule has 0 spiro atoms. The zero-order valence-electron chi connectivity index (χ0n) is 11.1. The van der Waals surface area contributed by atoms with Crippen LogP contribution in [-0.4, -0.2) is 19.0 Å². The topological polar surface area (TPSA) is 28.4 Å². The minimum Gasteiger partial charge on any atom is -0.468 e. The molecule has 0 aliphatic carbocycles. The number of thiophene rings is 1. The van der Waals surface area contributed by atoms with Crippen LogP contribution in [0.3, 0.4) is 0 Å². The molecule has 2 rings (SSSR count). The van der Waals surface area contributed by atoms with Crippen LogP contribution in [-0.2, 0) is 13.1 Å². The van der Waals surface area contributed by atoms with Gasteiger partial charge in [0.2, 0.25) is 0 Å². The average Bonchev–Trinajstić information content (AvgIpc) is 3.00. The first-order valence-corrected chi connectivity index (χ1v) is 7.03. The van der Waals surface area contributed by atoms with Crippen LogP contribution in [0.2, 0.25) is 0 Å². The van der Waals surface area contributed by atoms with Crippen molar-refractivity contribution in [3.63, 3.8) is 0 Å². The van der Waals surface area contributed by atoms with Crippen molar-refractivity contribution in [1.82, 2.24) is 10.2 Å². The summed E-state index contributed by atoms with van der Waals surface area (Å²) in [4.78, 5) is 3.69. The van der Waals surface area contributed by atoms with Crippen LogP contribution in [0.1, 0.15) is 29.2 Å². The van der Waals surface area contributed by atoms with Crippen molar-refractivity contribution in [2.24, 2.45) is 0 Å². The Bertz CT molecular complexity index is 464. The van der Waals surface area contributed by atoms with Crippen molar-refractivity contribution in [2.45, 2.75) is 26.1 Å². The Hall–Kier alpha value is -1.10. The molecule has 0 bridgehead atoms. The molecule has 98 valence electrons. The fraction of sp³-hybridized carbons (Fsp3) is 0.429. The Labute approximate surface area is 112 Å². The summed E-state index contributed by atoms with van der Waals surface area (Å²) in [6, 6.07) is 6.82. The normalized spacial score (nSPS) is 13.1. The zero-order chi connectivity index (χ0) is 13.0. The highest BCUT2D eigenvalue weighted by atomic mass is 32.1. The lowest BCUT2D eigenvalue weighted by Gasteiger charge is -2.22. The van der Waals surface area contributed by atoms with Gasteiger partial charge in [-0.15, -0.1) is 11.3 Å². The van der Waals surface area contributed by atoms with Crippen LogP contribution in [0, 0.1) is 0 Å². The van der Waals surface area contributed by atoms with Crippen LogP contribution in [0.4, 0.5) is 0 Å². The predicted molar refractivity (Wildman–Crippen MR) is 75.7 cm³/mol.